The van der Waals surface area contributed by atoms with Crippen LogP contribution in [0.2, 0.25) is 0 Å². The average molecular weight is 491 g/mol. The van der Waals surface area contributed by atoms with Gasteiger partial charge in [-0.2, -0.15) is 0 Å². The number of hydrogen-bond acceptors (Lipinski definition) is 2. The highest BCUT2D eigenvalue weighted by atomic mass is 35.5. The van der Waals surface area contributed by atoms with Gasteiger partial charge in [0, 0.05) is 6.42 Å². The average Bonchev–Trinajstić information content (AvgIpc) is 3.17. The third-order valence-corrected chi connectivity index (χ3v) is 11.5. The summed E-state index contributed by atoms with van der Waals surface area (Å²) in [6.07, 6.45) is 23.4. The second-order valence-electron chi connectivity index (χ2n) is 12.8. The smallest absolute Gasteiger partial charge is 0.324 e. The van der Waals surface area contributed by atoms with E-state index in [9.17, 15) is 4.79 Å². The first-order valence-electron chi connectivity index (χ1n) is 14.9. The monoisotopic (exact) mass is 490 g/mol. The first kappa shape index (κ1) is 26.6. The zero-order valence-corrected chi connectivity index (χ0v) is 23.3. The van der Waals surface area contributed by atoms with Crippen LogP contribution in [0.3, 0.4) is 0 Å². The second-order valence-corrected chi connectivity index (χ2v) is 13.3. The Balaban J connectivity index is 1.37. The quantitative estimate of drug-likeness (QED) is 0.132. The fraction of sp³-hybridized carbons (Fsp3) is 0.903. The van der Waals surface area contributed by atoms with Gasteiger partial charge in [-0.1, -0.05) is 77.9 Å². The number of carbonyl (C=O) groups excluding carboxylic acids is 1. The zero-order chi connectivity index (χ0) is 24.3. The van der Waals surface area contributed by atoms with Crippen LogP contribution in [0.5, 0.6) is 0 Å². The molecule has 3 saturated carbocycles. The van der Waals surface area contributed by atoms with Crippen molar-refractivity contribution in [3.63, 3.8) is 0 Å². The van der Waals surface area contributed by atoms with E-state index in [1.807, 2.05) is 6.92 Å². The van der Waals surface area contributed by atoms with E-state index in [4.69, 9.17) is 16.3 Å². The van der Waals surface area contributed by atoms with E-state index in [0.29, 0.717) is 17.3 Å². The zero-order valence-electron chi connectivity index (χ0n) is 22.5. The van der Waals surface area contributed by atoms with E-state index in [1.54, 1.807) is 5.57 Å². The van der Waals surface area contributed by atoms with Crippen molar-refractivity contribution in [3.05, 3.63) is 11.6 Å². The van der Waals surface area contributed by atoms with E-state index in [2.05, 4.69) is 26.8 Å². The van der Waals surface area contributed by atoms with Gasteiger partial charge in [-0.05, 0) is 92.3 Å². The number of esters is 1. The van der Waals surface area contributed by atoms with Gasteiger partial charge in [0.05, 0.1) is 0 Å². The number of rotatable bonds is 10. The minimum absolute atomic E-state index is 0.0261. The Hall–Kier alpha value is -0.500. The Labute approximate surface area is 215 Å². The van der Waals surface area contributed by atoms with Gasteiger partial charge in [0.25, 0.3) is 0 Å². The van der Waals surface area contributed by atoms with E-state index < -0.39 is 5.38 Å². The number of halogens is 1. The van der Waals surface area contributed by atoms with Crippen LogP contribution in [0, 0.1) is 34.5 Å². The molecule has 0 bridgehead atoms. The normalized spacial score (nSPS) is 40.0. The molecule has 0 aromatic rings. The summed E-state index contributed by atoms with van der Waals surface area (Å²) >= 11 is 6.14. The molecule has 2 nitrogen and oxygen atoms in total. The lowest BCUT2D eigenvalue weighted by Crippen LogP contribution is -2.50. The molecule has 0 amide bonds. The molecule has 0 radical (unpaired) electrons. The van der Waals surface area contributed by atoms with Crippen molar-refractivity contribution in [1.82, 2.24) is 0 Å². The van der Waals surface area contributed by atoms with Gasteiger partial charge >= 0.3 is 5.97 Å². The predicted octanol–water partition coefficient (Wildman–Crippen LogP) is 9.25. The molecule has 194 valence electrons. The molecule has 4 rings (SSSR count). The van der Waals surface area contributed by atoms with Crippen LogP contribution in [0.15, 0.2) is 11.6 Å². The molecule has 0 aromatic carbocycles. The lowest BCUT2D eigenvalue weighted by Gasteiger charge is -2.58. The van der Waals surface area contributed by atoms with E-state index in [-0.39, 0.29) is 12.1 Å². The molecule has 5 unspecified atom stereocenters. The number of fused-ring (bicyclic) bond motifs is 5. The molecule has 0 heterocycles. The molecule has 0 aliphatic heterocycles. The van der Waals surface area contributed by atoms with Crippen molar-refractivity contribution in [3.8, 4) is 0 Å². The third kappa shape index (κ3) is 5.14. The van der Waals surface area contributed by atoms with Crippen LogP contribution in [0.4, 0.5) is 0 Å². The first-order valence-corrected chi connectivity index (χ1v) is 15.3. The highest BCUT2D eigenvalue weighted by molar-refractivity contribution is 6.29. The lowest BCUT2D eigenvalue weighted by atomic mass is 9.47. The largest absolute Gasteiger partial charge is 0.461 e. The van der Waals surface area contributed by atoms with Gasteiger partial charge in [0.15, 0.2) is 0 Å². The van der Waals surface area contributed by atoms with Gasteiger partial charge in [0.1, 0.15) is 11.5 Å². The maximum Gasteiger partial charge on any atom is 0.324 e. The van der Waals surface area contributed by atoms with Gasteiger partial charge in [-0.15, -0.1) is 11.6 Å². The summed E-state index contributed by atoms with van der Waals surface area (Å²) in [5.74, 6) is 3.35. The number of unbranched alkanes of at least 4 members (excludes halogenated alkanes) is 5. The Morgan fingerprint density at radius 2 is 1.79 bits per heavy atom. The van der Waals surface area contributed by atoms with Crippen LogP contribution < -0.4 is 0 Å². The van der Waals surface area contributed by atoms with Crippen molar-refractivity contribution in [2.45, 2.75) is 142 Å². The molecule has 3 heteroatoms. The molecular weight excluding hydrogens is 440 g/mol. The maximum atomic E-state index is 12.3. The highest BCUT2D eigenvalue weighted by Crippen LogP contribution is 2.66. The fourth-order valence-corrected chi connectivity index (χ4v) is 8.94. The topological polar surface area (TPSA) is 26.3 Å². The van der Waals surface area contributed by atoms with Gasteiger partial charge in [0.2, 0.25) is 0 Å². The highest BCUT2D eigenvalue weighted by Gasteiger charge is 2.58. The number of ether oxygens (including phenoxy) is 1. The molecule has 0 spiro atoms. The third-order valence-electron chi connectivity index (χ3n) is 11.1. The number of hydrogen-bond donors (Lipinski definition) is 0. The molecule has 3 fully saturated rings. The van der Waals surface area contributed by atoms with Crippen LogP contribution >= 0.6 is 11.6 Å². The molecule has 34 heavy (non-hydrogen) atoms. The van der Waals surface area contributed by atoms with Gasteiger partial charge < -0.3 is 4.74 Å². The minimum atomic E-state index is -0.499. The molecule has 0 N–H and O–H groups in total. The van der Waals surface area contributed by atoms with Crippen molar-refractivity contribution in [2.75, 3.05) is 0 Å². The fourth-order valence-electron chi connectivity index (χ4n) is 8.89. The molecule has 4 aliphatic rings. The number of allylic oxidation sites excluding steroid dienone is 1. The van der Waals surface area contributed by atoms with Crippen LogP contribution in [0.1, 0.15) is 130 Å². The Bertz CT molecular complexity index is 731. The van der Waals surface area contributed by atoms with Crippen molar-refractivity contribution in [1.29, 1.82) is 0 Å². The summed E-state index contributed by atoms with van der Waals surface area (Å²) in [5, 5.41) is -0.499. The lowest BCUT2D eigenvalue weighted by molar-refractivity contribution is -0.151. The van der Waals surface area contributed by atoms with Gasteiger partial charge in [-0.25, -0.2) is 0 Å². The molecule has 0 saturated heterocycles. The predicted molar refractivity (Wildman–Crippen MR) is 143 cm³/mol. The van der Waals surface area contributed by atoms with E-state index >= 15 is 0 Å². The van der Waals surface area contributed by atoms with Crippen molar-refractivity contribution in [2.24, 2.45) is 34.5 Å². The Kier molecular flexibility index (Phi) is 8.80. The van der Waals surface area contributed by atoms with E-state index in [1.165, 1.54) is 83.5 Å². The van der Waals surface area contributed by atoms with E-state index in [0.717, 1.165) is 36.5 Å². The summed E-state index contributed by atoms with van der Waals surface area (Å²) in [4.78, 5) is 12.3. The summed E-state index contributed by atoms with van der Waals surface area (Å²) < 4.78 is 5.83. The summed E-state index contributed by atoms with van der Waals surface area (Å²) in [6.45, 7) is 9.48. The Morgan fingerprint density at radius 3 is 2.56 bits per heavy atom. The summed E-state index contributed by atoms with van der Waals surface area (Å²) in [5.41, 5.74) is 2.48. The summed E-state index contributed by atoms with van der Waals surface area (Å²) in [7, 11) is 0. The number of carbonyl (C=O) groups is 1. The second kappa shape index (κ2) is 11.3. The standard InChI is InChI=1S/C31H51ClO2/c1-5-7-8-9-10-11-12-22-14-16-26-25-15-13-23-21-24(34-29(33)28(32)6-2)17-19-31(23,4)27(25)18-20-30(22,26)3/h13,22,24-28H,5-12,14-21H2,1-4H3/t22?,24-,25?,26?,27?,28?,30+,31-/m0/s1. The van der Waals surface area contributed by atoms with Crippen molar-refractivity contribution < 1.29 is 9.53 Å². The SMILES string of the molecule is CCCCCCCCC1CCC2C3CC=C4C[C@@H](OC(=O)C(Cl)CC)CC[C@]4(C)C3CC[C@]12C. The molecule has 8 atom stereocenters. The molecule has 4 aliphatic carbocycles. The van der Waals surface area contributed by atoms with Crippen LogP contribution in [-0.2, 0) is 9.53 Å². The first-order chi connectivity index (χ1) is 16.3. The van der Waals surface area contributed by atoms with Crippen LogP contribution in [-0.4, -0.2) is 17.5 Å². The van der Waals surface area contributed by atoms with Crippen molar-refractivity contribution >= 4 is 17.6 Å². The molecular formula is C31H51ClO2. The van der Waals surface area contributed by atoms with Crippen LogP contribution in [0.25, 0.3) is 0 Å². The maximum absolute atomic E-state index is 12.3. The summed E-state index contributed by atoms with van der Waals surface area (Å²) in [6, 6.07) is 0. The number of alkyl halides is 1. The van der Waals surface area contributed by atoms with Gasteiger partial charge in [-0.3, -0.25) is 4.79 Å². The molecule has 0 aromatic heterocycles. The Morgan fingerprint density at radius 1 is 1.03 bits per heavy atom. The minimum Gasteiger partial charge on any atom is -0.461 e.